The van der Waals surface area contributed by atoms with E-state index in [0.29, 0.717) is 11.1 Å². The number of aromatic nitrogens is 1. The molecule has 0 bridgehead atoms. The van der Waals surface area contributed by atoms with Crippen LogP contribution in [0.25, 0.3) is 11.1 Å². The van der Waals surface area contributed by atoms with Gasteiger partial charge in [-0.2, -0.15) is 0 Å². The van der Waals surface area contributed by atoms with Crippen molar-refractivity contribution in [3.63, 3.8) is 0 Å². The standard InChI is InChI=1S/C11H9BFNO2/c13-11-6-9(12(15)16)3-4-10(11)8-2-1-5-14-7-8/h1-7,15-16H. The van der Waals surface area contributed by atoms with E-state index in [1.165, 1.54) is 12.1 Å². The first kappa shape index (κ1) is 10.8. The number of pyridine rings is 1. The highest BCUT2D eigenvalue weighted by Crippen LogP contribution is 2.20. The molecule has 0 aliphatic heterocycles. The molecule has 1 heterocycles. The molecule has 0 amide bonds. The number of rotatable bonds is 2. The van der Waals surface area contributed by atoms with Crippen molar-refractivity contribution in [2.24, 2.45) is 0 Å². The van der Waals surface area contributed by atoms with Crippen LogP contribution in [0.4, 0.5) is 4.39 Å². The second kappa shape index (κ2) is 4.43. The van der Waals surface area contributed by atoms with E-state index >= 15 is 0 Å². The SMILES string of the molecule is OB(O)c1ccc(-c2cccnc2)c(F)c1. The van der Waals surface area contributed by atoms with Gasteiger partial charge in [-0.15, -0.1) is 0 Å². The summed E-state index contributed by atoms with van der Waals surface area (Å²) in [5, 5.41) is 17.8. The van der Waals surface area contributed by atoms with Gasteiger partial charge in [-0.25, -0.2) is 4.39 Å². The van der Waals surface area contributed by atoms with Gasteiger partial charge in [0, 0.05) is 23.5 Å². The Morgan fingerprint density at radius 3 is 2.56 bits per heavy atom. The van der Waals surface area contributed by atoms with E-state index in [-0.39, 0.29) is 5.46 Å². The van der Waals surface area contributed by atoms with Crippen molar-refractivity contribution < 1.29 is 14.4 Å². The monoisotopic (exact) mass is 217 g/mol. The third kappa shape index (κ3) is 2.10. The van der Waals surface area contributed by atoms with Gasteiger partial charge in [0.05, 0.1) is 0 Å². The zero-order chi connectivity index (χ0) is 11.5. The molecule has 16 heavy (non-hydrogen) atoms. The van der Waals surface area contributed by atoms with Gasteiger partial charge in [0.1, 0.15) is 5.82 Å². The van der Waals surface area contributed by atoms with Crippen LogP contribution in [0.5, 0.6) is 0 Å². The van der Waals surface area contributed by atoms with E-state index in [1.54, 1.807) is 24.5 Å². The van der Waals surface area contributed by atoms with Crippen LogP contribution in [0.2, 0.25) is 0 Å². The lowest BCUT2D eigenvalue weighted by atomic mass is 9.79. The third-order valence-electron chi connectivity index (χ3n) is 2.26. The van der Waals surface area contributed by atoms with Crippen LogP contribution in [0.15, 0.2) is 42.7 Å². The molecule has 2 aromatic rings. The smallest absolute Gasteiger partial charge is 0.423 e. The average molecular weight is 217 g/mol. The van der Waals surface area contributed by atoms with Gasteiger partial charge >= 0.3 is 7.12 Å². The zero-order valence-electron chi connectivity index (χ0n) is 8.34. The first-order chi connectivity index (χ1) is 7.68. The molecule has 0 aliphatic carbocycles. The van der Waals surface area contributed by atoms with Crippen molar-refractivity contribution >= 4 is 12.6 Å². The lowest BCUT2D eigenvalue weighted by Crippen LogP contribution is -2.29. The van der Waals surface area contributed by atoms with Gasteiger partial charge in [-0.3, -0.25) is 4.98 Å². The second-order valence-electron chi connectivity index (χ2n) is 3.35. The van der Waals surface area contributed by atoms with E-state index in [9.17, 15) is 4.39 Å². The van der Waals surface area contributed by atoms with Crippen LogP contribution in [-0.2, 0) is 0 Å². The quantitative estimate of drug-likeness (QED) is 0.723. The molecular formula is C11H9BFNO2. The number of benzene rings is 1. The van der Waals surface area contributed by atoms with Crippen LogP contribution in [0.1, 0.15) is 0 Å². The molecule has 2 rings (SSSR count). The molecule has 0 spiro atoms. The highest BCUT2D eigenvalue weighted by Gasteiger charge is 2.14. The van der Waals surface area contributed by atoms with Crippen molar-refractivity contribution in [3.05, 3.63) is 48.5 Å². The topological polar surface area (TPSA) is 53.4 Å². The van der Waals surface area contributed by atoms with Gasteiger partial charge < -0.3 is 10.0 Å². The minimum atomic E-state index is -1.66. The third-order valence-corrected chi connectivity index (χ3v) is 2.26. The lowest BCUT2D eigenvalue weighted by Gasteiger charge is -2.05. The Kier molecular flexibility index (Phi) is 2.98. The van der Waals surface area contributed by atoms with Crippen LogP contribution in [0, 0.1) is 5.82 Å². The molecule has 0 saturated heterocycles. The van der Waals surface area contributed by atoms with Crippen LogP contribution in [0.3, 0.4) is 0 Å². The van der Waals surface area contributed by atoms with Gasteiger partial charge in [0.15, 0.2) is 0 Å². The average Bonchev–Trinajstić information content (AvgIpc) is 2.30. The number of nitrogens with zero attached hydrogens (tertiary/aromatic N) is 1. The first-order valence-electron chi connectivity index (χ1n) is 4.74. The number of hydrogen-bond acceptors (Lipinski definition) is 3. The van der Waals surface area contributed by atoms with E-state index < -0.39 is 12.9 Å². The fourth-order valence-electron chi connectivity index (χ4n) is 1.45. The Morgan fingerprint density at radius 2 is 2.00 bits per heavy atom. The molecule has 0 atom stereocenters. The van der Waals surface area contributed by atoms with Crippen molar-refractivity contribution in [2.45, 2.75) is 0 Å². The molecule has 80 valence electrons. The van der Waals surface area contributed by atoms with Crippen LogP contribution < -0.4 is 5.46 Å². The van der Waals surface area contributed by atoms with Gasteiger partial charge in [0.2, 0.25) is 0 Å². The maximum atomic E-state index is 13.6. The molecule has 0 fully saturated rings. The summed E-state index contributed by atoms with van der Waals surface area (Å²) in [6, 6.07) is 7.52. The maximum absolute atomic E-state index is 13.6. The molecule has 3 nitrogen and oxygen atoms in total. The molecule has 0 radical (unpaired) electrons. The summed E-state index contributed by atoms with van der Waals surface area (Å²) >= 11 is 0. The molecule has 2 N–H and O–H groups in total. The van der Waals surface area contributed by atoms with Crippen molar-refractivity contribution in [3.8, 4) is 11.1 Å². The summed E-state index contributed by atoms with van der Waals surface area (Å²) in [6.45, 7) is 0. The summed E-state index contributed by atoms with van der Waals surface area (Å²) in [5.74, 6) is -0.501. The fourth-order valence-corrected chi connectivity index (χ4v) is 1.45. The highest BCUT2D eigenvalue weighted by molar-refractivity contribution is 6.58. The summed E-state index contributed by atoms with van der Waals surface area (Å²) in [4.78, 5) is 3.89. The van der Waals surface area contributed by atoms with Gasteiger partial charge in [-0.05, 0) is 17.6 Å². The molecule has 0 aliphatic rings. The summed E-state index contributed by atoms with van der Waals surface area (Å²) in [7, 11) is -1.66. The van der Waals surface area contributed by atoms with E-state index in [1.807, 2.05) is 0 Å². The summed E-state index contributed by atoms with van der Waals surface area (Å²) < 4.78 is 13.6. The lowest BCUT2D eigenvalue weighted by molar-refractivity contribution is 0.425. The normalized spacial score (nSPS) is 10.2. The van der Waals surface area contributed by atoms with Crippen molar-refractivity contribution in [1.82, 2.24) is 4.98 Å². The Hall–Kier alpha value is -1.72. The summed E-state index contributed by atoms with van der Waals surface area (Å²) in [5.41, 5.74) is 1.17. The minimum absolute atomic E-state index is 0.130. The molecule has 5 heteroatoms. The second-order valence-corrected chi connectivity index (χ2v) is 3.35. The highest BCUT2D eigenvalue weighted by atomic mass is 19.1. The molecular weight excluding hydrogens is 208 g/mol. The van der Waals surface area contributed by atoms with Gasteiger partial charge in [0.25, 0.3) is 0 Å². The molecule has 1 aromatic heterocycles. The zero-order valence-corrected chi connectivity index (χ0v) is 8.34. The predicted molar refractivity (Wildman–Crippen MR) is 59.5 cm³/mol. The number of hydrogen-bond donors (Lipinski definition) is 2. The van der Waals surface area contributed by atoms with E-state index in [2.05, 4.69) is 4.98 Å². The maximum Gasteiger partial charge on any atom is 0.488 e. The Bertz CT molecular complexity index is 491. The predicted octanol–water partition coefficient (Wildman–Crippen LogP) is 0.567. The molecule has 0 saturated carbocycles. The number of halogens is 1. The van der Waals surface area contributed by atoms with Gasteiger partial charge in [-0.1, -0.05) is 18.2 Å². The molecule has 1 aromatic carbocycles. The van der Waals surface area contributed by atoms with Crippen LogP contribution >= 0.6 is 0 Å². The van der Waals surface area contributed by atoms with E-state index in [4.69, 9.17) is 10.0 Å². The summed E-state index contributed by atoms with van der Waals surface area (Å²) in [6.07, 6.45) is 3.15. The van der Waals surface area contributed by atoms with E-state index in [0.717, 1.165) is 6.07 Å². The molecule has 0 unspecified atom stereocenters. The Balaban J connectivity index is 2.45. The Labute approximate surface area is 92.4 Å². The Morgan fingerprint density at radius 1 is 1.19 bits per heavy atom. The van der Waals surface area contributed by atoms with Crippen molar-refractivity contribution in [1.29, 1.82) is 0 Å². The minimum Gasteiger partial charge on any atom is -0.423 e. The largest absolute Gasteiger partial charge is 0.488 e. The fraction of sp³-hybridized carbons (Fsp3) is 0. The first-order valence-corrected chi connectivity index (χ1v) is 4.74. The van der Waals surface area contributed by atoms with Crippen molar-refractivity contribution in [2.75, 3.05) is 0 Å². The van der Waals surface area contributed by atoms with Crippen LogP contribution in [-0.4, -0.2) is 22.2 Å².